The van der Waals surface area contributed by atoms with Crippen molar-refractivity contribution in [3.8, 4) is 0 Å². The predicted octanol–water partition coefficient (Wildman–Crippen LogP) is 3.55. The molecule has 0 unspecified atom stereocenters. The fourth-order valence-electron chi connectivity index (χ4n) is 1.80. The average Bonchev–Trinajstić information content (AvgIpc) is 2.45. The molecule has 110 valence electrons. The van der Waals surface area contributed by atoms with E-state index in [-0.39, 0.29) is 23.7 Å². The first-order chi connectivity index (χ1) is 9.91. The lowest BCUT2D eigenvalue weighted by atomic mass is 10.1. The lowest BCUT2D eigenvalue weighted by Crippen LogP contribution is -2.10. The van der Waals surface area contributed by atoms with Gasteiger partial charge in [-0.3, -0.25) is 0 Å². The van der Waals surface area contributed by atoms with Crippen LogP contribution in [0.3, 0.4) is 0 Å². The van der Waals surface area contributed by atoms with Crippen LogP contribution in [0.1, 0.15) is 15.9 Å². The number of carboxylic acid groups (broad SMARTS) is 1. The van der Waals surface area contributed by atoms with Crippen molar-refractivity contribution in [1.29, 1.82) is 0 Å². The van der Waals surface area contributed by atoms with Crippen molar-refractivity contribution >= 4 is 11.7 Å². The van der Waals surface area contributed by atoms with Gasteiger partial charge in [0.25, 0.3) is 0 Å². The van der Waals surface area contributed by atoms with Gasteiger partial charge in [-0.15, -0.1) is 0 Å². The zero-order valence-corrected chi connectivity index (χ0v) is 10.5. The second-order valence-electron chi connectivity index (χ2n) is 4.16. The largest absolute Gasteiger partial charge is 0.478 e. The Hall–Kier alpha value is -2.57. The smallest absolute Gasteiger partial charge is 0.336 e. The molecule has 7 heteroatoms. The van der Waals surface area contributed by atoms with E-state index in [1.165, 1.54) is 24.3 Å². The minimum Gasteiger partial charge on any atom is -0.478 e. The molecule has 0 heterocycles. The van der Waals surface area contributed by atoms with E-state index in [1.807, 2.05) is 0 Å². The Morgan fingerprint density at radius 3 is 2.19 bits per heavy atom. The molecular formula is C14H9F4NO2. The quantitative estimate of drug-likeness (QED) is 0.670. The SMILES string of the molecule is O=C(O)c1ccccc1CNc1c(F)c(F)cc(F)c1F. The number of aromatic carboxylic acids is 1. The molecule has 0 atom stereocenters. The number of hydrogen-bond acceptors (Lipinski definition) is 2. The summed E-state index contributed by atoms with van der Waals surface area (Å²) in [5, 5.41) is 11.1. The number of anilines is 1. The Bertz CT molecular complexity index is 677. The molecule has 0 aliphatic rings. The Balaban J connectivity index is 2.31. The molecule has 0 fully saturated rings. The first kappa shape index (κ1) is 14.8. The summed E-state index contributed by atoms with van der Waals surface area (Å²) in [5.74, 6) is -7.44. The molecule has 2 rings (SSSR count). The van der Waals surface area contributed by atoms with Crippen LogP contribution in [0.4, 0.5) is 23.2 Å². The number of carbonyl (C=O) groups is 1. The van der Waals surface area contributed by atoms with Crippen molar-refractivity contribution in [3.63, 3.8) is 0 Å². The van der Waals surface area contributed by atoms with E-state index < -0.39 is 34.9 Å². The van der Waals surface area contributed by atoms with Crippen LogP contribution in [0.5, 0.6) is 0 Å². The maximum atomic E-state index is 13.4. The van der Waals surface area contributed by atoms with Gasteiger partial charge in [-0.05, 0) is 11.6 Å². The van der Waals surface area contributed by atoms with Crippen LogP contribution in [0, 0.1) is 23.3 Å². The van der Waals surface area contributed by atoms with Crippen LogP contribution in [0.25, 0.3) is 0 Å². The highest BCUT2D eigenvalue weighted by atomic mass is 19.2. The second-order valence-corrected chi connectivity index (χ2v) is 4.16. The van der Waals surface area contributed by atoms with Gasteiger partial charge in [0.1, 0.15) is 5.69 Å². The number of hydrogen-bond donors (Lipinski definition) is 2. The first-order valence-electron chi connectivity index (χ1n) is 5.80. The molecule has 0 aliphatic heterocycles. The standard InChI is InChI=1S/C14H9F4NO2/c15-9-5-10(16)12(18)13(11(9)17)19-6-7-3-1-2-4-8(7)14(20)21/h1-5,19H,6H2,(H,20,21). The van der Waals surface area contributed by atoms with Gasteiger partial charge in [0.2, 0.25) is 0 Å². The molecule has 21 heavy (non-hydrogen) atoms. The molecule has 2 N–H and O–H groups in total. The average molecular weight is 299 g/mol. The van der Waals surface area contributed by atoms with E-state index in [2.05, 4.69) is 5.32 Å². The van der Waals surface area contributed by atoms with Crippen LogP contribution in [-0.4, -0.2) is 11.1 Å². The number of nitrogens with one attached hydrogen (secondary N) is 1. The van der Waals surface area contributed by atoms with Crippen LogP contribution < -0.4 is 5.32 Å². The Kier molecular flexibility index (Phi) is 4.11. The maximum absolute atomic E-state index is 13.4. The molecule has 0 aliphatic carbocycles. The predicted molar refractivity (Wildman–Crippen MR) is 67.0 cm³/mol. The van der Waals surface area contributed by atoms with Crippen molar-refractivity contribution in [2.24, 2.45) is 0 Å². The van der Waals surface area contributed by atoms with Gasteiger partial charge in [0, 0.05) is 12.6 Å². The Morgan fingerprint density at radius 1 is 1.05 bits per heavy atom. The summed E-state index contributed by atoms with van der Waals surface area (Å²) in [5.41, 5.74) is -0.844. The molecule has 0 saturated heterocycles. The summed E-state index contributed by atoms with van der Waals surface area (Å²) < 4.78 is 53.0. The van der Waals surface area contributed by atoms with Crippen molar-refractivity contribution in [2.45, 2.75) is 6.54 Å². The maximum Gasteiger partial charge on any atom is 0.336 e. The fraction of sp³-hybridized carbons (Fsp3) is 0.0714. The topological polar surface area (TPSA) is 49.3 Å². The summed E-state index contributed by atoms with van der Waals surface area (Å²) in [6.45, 7) is -0.306. The van der Waals surface area contributed by atoms with Crippen LogP contribution in [-0.2, 0) is 6.54 Å². The van der Waals surface area contributed by atoms with Crippen LogP contribution in [0.2, 0.25) is 0 Å². The number of rotatable bonds is 4. The molecule has 0 radical (unpaired) electrons. The number of benzene rings is 2. The van der Waals surface area contributed by atoms with E-state index in [1.54, 1.807) is 0 Å². The molecule has 0 spiro atoms. The highest BCUT2D eigenvalue weighted by Crippen LogP contribution is 2.25. The molecule has 2 aromatic rings. The van der Waals surface area contributed by atoms with E-state index in [0.29, 0.717) is 0 Å². The number of carboxylic acids is 1. The molecule has 2 aromatic carbocycles. The van der Waals surface area contributed by atoms with Crippen molar-refractivity contribution in [3.05, 3.63) is 64.7 Å². The third kappa shape index (κ3) is 2.96. The molecule has 0 aromatic heterocycles. The fourth-order valence-corrected chi connectivity index (χ4v) is 1.80. The van der Waals surface area contributed by atoms with Gasteiger partial charge in [0.05, 0.1) is 5.56 Å². The van der Waals surface area contributed by atoms with E-state index in [4.69, 9.17) is 5.11 Å². The van der Waals surface area contributed by atoms with Gasteiger partial charge in [0.15, 0.2) is 23.3 Å². The van der Waals surface area contributed by atoms with E-state index in [9.17, 15) is 22.4 Å². The van der Waals surface area contributed by atoms with Crippen molar-refractivity contribution in [1.82, 2.24) is 0 Å². The minimum atomic E-state index is -1.57. The van der Waals surface area contributed by atoms with E-state index in [0.717, 1.165) is 0 Å². The molecule has 0 amide bonds. The van der Waals surface area contributed by atoms with Crippen LogP contribution in [0.15, 0.2) is 30.3 Å². The van der Waals surface area contributed by atoms with Gasteiger partial charge >= 0.3 is 5.97 Å². The second kappa shape index (κ2) is 5.82. The summed E-state index contributed by atoms with van der Waals surface area (Å²) in [6.07, 6.45) is 0. The van der Waals surface area contributed by atoms with Gasteiger partial charge in [-0.25, -0.2) is 22.4 Å². The molecule has 0 bridgehead atoms. The lowest BCUT2D eigenvalue weighted by Gasteiger charge is -2.11. The van der Waals surface area contributed by atoms with Gasteiger partial charge in [-0.2, -0.15) is 0 Å². The Labute approximate surface area is 116 Å². The zero-order valence-electron chi connectivity index (χ0n) is 10.5. The van der Waals surface area contributed by atoms with Crippen molar-refractivity contribution < 1.29 is 27.5 Å². The summed E-state index contributed by atoms with van der Waals surface area (Å²) >= 11 is 0. The third-order valence-electron chi connectivity index (χ3n) is 2.82. The minimum absolute atomic E-state index is 0.0808. The van der Waals surface area contributed by atoms with E-state index >= 15 is 0 Å². The molecular weight excluding hydrogens is 290 g/mol. The Morgan fingerprint density at radius 2 is 1.62 bits per heavy atom. The summed E-state index contributed by atoms with van der Waals surface area (Å²) in [4.78, 5) is 11.0. The number of halogens is 4. The lowest BCUT2D eigenvalue weighted by molar-refractivity contribution is 0.0696. The normalized spacial score (nSPS) is 10.5. The summed E-state index contributed by atoms with van der Waals surface area (Å²) in [7, 11) is 0. The third-order valence-corrected chi connectivity index (χ3v) is 2.82. The van der Waals surface area contributed by atoms with Crippen molar-refractivity contribution in [2.75, 3.05) is 5.32 Å². The first-order valence-corrected chi connectivity index (χ1v) is 5.80. The molecule has 3 nitrogen and oxygen atoms in total. The highest BCUT2D eigenvalue weighted by Gasteiger charge is 2.19. The monoisotopic (exact) mass is 299 g/mol. The van der Waals surface area contributed by atoms with Crippen LogP contribution >= 0.6 is 0 Å². The van der Waals surface area contributed by atoms with Gasteiger partial charge in [-0.1, -0.05) is 18.2 Å². The zero-order chi connectivity index (χ0) is 15.6. The summed E-state index contributed by atoms with van der Waals surface area (Å²) in [6, 6.07) is 5.83. The highest BCUT2D eigenvalue weighted by molar-refractivity contribution is 5.89. The van der Waals surface area contributed by atoms with Gasteiger partial charge < -0.3 is 10.4 Å². The molecule has 0 saturated carbocycles.